The molecule has 1 aromatic carbocycles. The highest BCUT2D eigenvalue weighted by Crippen LogP contribution is 2.32. The number of sulfone groups is 1. The molecule has 0 saturated carbocycles. The van der Waals surface area contributed by atoms with E-state index in [1.165, 1.54) is 0 Å². The number of benzene rings is 1. The number of carbonyl (C=O) groups is 1. The van der Waals surface area contributed by atoms with E-state index in [0.29, 0.717) is 12.5 Å². The molecule has 0 N–H and O–H groups in total. The SMILES string of the molecule is Cc1cc(C)cc(N2C(=O)CN(CC(C)C)[C@H]3CS(=O)(=O)C[C@H]32)c1. The second-order valence-corrected chi connectivity index (χ2v) is 9.80. The van der Waals surface area contributed by atoms with E-state index in [2.05, 4.69) is 24.8 Å². The molecular weight excluding hydrogens is 324 g/mol. The summed E-state index contributed by atoms with van der Waals surface area (Å²) in [5, 5.41) is 0. The molecule has 0 bridgehead atoms. The highest BCUT2D eigenvalue weighted by atomic mass is 32.2. The lowest BCUT2D eigenvalue weighted by Crippen LogP contribution is -2.62. The highest BCUT2D eigenvalue weighted by Gasteiger charge is 2.49. The number of nitrogens with zero attached hydrogens (tertiary/aromatic N) is 2. The summed E-state index contributed by atoms with van der Waals surface area (Å²) in [7, 11) is -3.12. The van der Waals surface area contributed by atoms with E-state index in [9.17, 15) is 13.2 Å². The van der Waals surface area contributed by atoms with Gasteiger partial charge in [-0.3, -0.25) is 9.69 Å². The lowest BCUT2D eigenvalue weighted by Gasteiger charge is -2.44. The Hall–Kier alpha value is -1.40. The van der Waals surface area contributed by atoms with Crippen LogP contribution in [0.25, 0.3) is 0 Å². The molecule has 0 spiro atoms. The number of aryl methyl sites for hydroxylation is 2. The van der Waals surface area contributed by atoms with Crippen molar-refractivity contribution in [3.05, 3.63) is 29.3 Å². The maximum absolute atomic E-state index is 12.9. The molecule has 0 aliphatic carbocycles. The van der Waals surface area contributed by atoms with Crippen LogP contribution >= 0.6 is 0 Å². The minimum absolute atomic E-state index is 0.000926. The quantitative estimate of drug-likeness (QED) is 0.834. The van der Waals surface area contributed by atoms with Crippen molar-refractivity contribution in [2.75, 3.05) is 29.5 Å². The number of hydrogen-bond donors (Lipinski definition) is 0. The van der Waals surface area contributed by atoms with Crippen molar-refractivity contribution in [3.63, 3.8) is 0 Å². The topological polar surface area (TPSA) is 57.7 Å². The zero-order valence-corrected chi connectivity index (χ0v) is 15.6. The van der Waals surface area contributed by atoms with Crippen LogP contribution in [0.15, 0.2) is 18.2 Å². The van der Waals surface area contributed by atoms with Gasteiger partial charge in [0.25, 0.3) is 0 Å². The third kappa shape index (κ3) is 3.35. The second-order valence-electron chi connectivity index (χ2n) is 7.64. The smallest absolute Gasteiger partial charge is 0.241 e. The van der Waals surface area contributed by atoms with E-state index in [0.717, 1.165) is 23.4 Å². The van der Waals surface area contributed by atoms with Crippen LogP contribution < -0.4 is 4.90 Å². The van der Waals surface area contributed by atoms with E-state index in [-0.39, 0.29) is 29.5 Å². The van der Waals surface area contributed by atoms with Crippen molar-refractivity contribution < 1.29 is 13.2 Å². The van der Waals surface area contributed by atoms with Crippen molar-refractivity contribution in [3.8, 4) is 0 Å². The Kier molecular flexibility index (Phi) is 4.47. The van der Waals surface area contributed by atoms with Gasteiger partial charge in [0.2, 0.25) is 5.91 Å². The van der Waals surface area contributed by atoms with Gasteiger partial charge in [0.05, 0.1) is 24.1 Å². The van der Waals surface area contributed by atoms with Crippen molar-refractivity contribution in [2.24, 2.45) is 5.92 Å². The second kappa shape index (κ2) is 6.15. The molecule has 0 unspecified atom stereocenters. The first-order valence-electron chi connectivity index (χ1n) is 8.51. The van der Waals surface area contributed by atoms with Crippen molar-refractivity contribution in [2.45, 2.75) is 39.8 Å². The van der Waals surface area contributed by atoms with Gasteiger partial charge in [-0.15, -0.1) is 0 Å². The first-order valence-corrected chi connectivity index (χ1v) is 10.3. The van der Waals surface area contributed by atoms with Gasteiger partial charge < -0.3 is 4.90 Å². The molecule has 2 heterocycles. The fourth-order valence-corrected chi connectivity index (χ4v) is 6.03. The summed E-state index contributed by atoms with van der Waals surface area (Å²) < 4.78 is 24.6. The molecule has 24 heavy (non-hydrogen) atoms. The van der Waals surface area contributed by atoms with Crippen molar-refractivity contribution in [1.82, 2.24) is 4.90 Å². The van der Waals surface area contributed by atoms with Crippen LogP contribution in [-0.2, 0) is 14.6 Å². The third-order valence-corrected chi connectivity index (χ3v) is 6.48. The number of anilines is 1. The van der Waals surface area contributed by atoms with Crippen LogP contribution in [0.3, 0.4) is 0 Å². The number of piperazine rings is 1. The Labute approximate surface area is 144 Å². The summed E-state index contributed by atoms with van der Waals surface area (Å²) in [4.78, 5) is 16.7. The maximum atomic E-state index is 12.9. The number of carbonyl (C=O) groups excluding carboxylic acids is 1. The number of rotatable bonds is 3. The van der Waals surface area contributed by atoms with Crippen molar-refractivity contribution >= 4 is 21.4 Å². The fourth-order valence-electron chi connectivity index (χ4n) is 4.05. The molecule has 132 valence electrons. The van der Waals surface area contributed by atoms with Crippen LogP contribution in [0, 0.1) is 19.8 Å². The van der Waals surface area contributed by atoms with Crippen LogP contribution in [-0.4, -0.2) is 55.9 Å². The Morgan fingerprint density at radius 1 is 1.08 bits per heavy atom. The monoisotopic (exact) mass is 350 g/mol. The molecule has 1 amide bonds. The molecule has 3 rings (SSSR count). The lowest BCUT2D eigenvalue weighted by atomic mass is 10.0. The summed E-state index contributed by atoms with van der Waals surface area (Å²) in [5.74, 6) is 0.609. The molecular formula is C18H26N2O3S. The standard InChI is InChI=1S/C18H26N2O3S/c1-12(2)8-19-9-18(21)20(15-6-13(3)5-14(4)7-15)17-11-24(22,23)10-16(17)19/h5-7,12,16-17H,8-11H2,1-4H3/t16-,17+/m0/s1. The van der Waals surface area contributed by atoms with Gasteiger partial charge in [-0.2, -0.15) is 0 Å². The van der Waals surface area contributed by atoms with Crippen LogP contribution in [0.5, 0.6) is 0 Å². The molecule has 5 nitrogen and oxygen atoms in total. The molecule has 2 aliphatic heterocycles. The zero-order valence-electron chi connectivity index (χ0n) is 14.8. The number of amides is 1. The summed E-state index contributed by atoms with van der Waals surface area (Å²) in [6, 6.07) is 5.63. The first kappa shape index (κ1) is 17.4. The van der Waals surface area contributed by atoms with Gasteiger partial charge in [0.15, 0.2) is 9.84 Å². The normalized spacial score (nSPS) is 26.9. The minimum Gasteiger partial charge on any atom is -0.306 e. The Morgan fingerprint density at radius 2 is 1.67 bits per heavy atom. The van der Waals surface area contributed by atoms with E-state index in [4.69, 9.17) is 0 Å². The Bertz CT molecular complexity index is 737. The summed E-state index contributed by atoms with van der Waals surface area (Å²) in [6.07, 6.45) is 0. The molecule has 2 aliphatic rings. The third-order valence-electron chi connectivity index (χ3n) is 4.79. The molecule has 0 radical (unpaired) electrons. The van der Waals surface area contributed by atoms with Crippen LogP contribution in [0.4, 0.5) is 5.69 Å². The van der Waals surface area contributed by atoms with Crippen molar-refractivity contribution in [1.29, 1.82) is 0 Å². The van der Waals surface area contributed by atoms with E-state index >= 15 is 0 Å². The highest BCUT2D eigenvalue weighted by molar-refractivity contribution is 7.91. The van der Waals surface area contributed by atoms with Crippen LogP contribution in [0.1, 0.15) is 25.0 Å². The minimum atomic E-state index is -3.12. The largest absolute Gasteiger partial charge is 0.306 e. The lowest BCUT2D eigenvalue weighted by molar-refractivity contribution is -0.123. The summed E-state index contributed by atoms with van der Waals surface area (Å²) in [5.41, 5.74) is 2.99. The van der Waals surface area contributed by atoms with Gasteiger partial charge in [-0.05, 0) is 43.0 Å². The first-order chi connectivity index (χ1) is 11.2. The van der Waals surface area contributed by atoms with Gasteiger partial charge in [0.1, 0.15) is 0 Å². The summed E-state index contributed by atoms with van der Waals surface area (Å²) in [6.45, 7) is 9.24. The molecule has 1 aromatic rings. The van der Waals surface area contributed by atoms with Gasteiger partial charge in [-0.25, -0.2) is 8.42 Å². The van der Waals surface area contributed by atoms with Gasteiger partial charge in [-0.1, -0.05) is 19.9 Å². The zero-order chi connectivity index (χ0) is 17.6. The predicted molar refractivity (Wildman–Crippen MR) is 96.0 cm³/mol. The van der Waals surface area contributed by atoms with Gasteiger partial charge >= 0.3 is 0 Å². The van der Waals surface area contributed by atoms with Gasteiger partial charge in [0, 0.05) is 18.3 Å². The average Bonchev–Trinajstić information content (AvgIpc) is 2.72. The average molecular weight is 350 g/mol. The molecule has 2 saturated heterocycles. The van der Waals surface area contributed by atoms with E-state index in [1.54, 1.807) is 4.90 Å². The van der Waals surface area contributed by atoms with Crippen LogP contribution in [0.2, 0.25) is 0 Å². The molecule has 2 fully saturated rings. The maximum Gasteiger partial charge on any atom is 0.241 e. The Balaban J connectivity index is 2.00. The fraction of sp³-hybridized carbons (Fsp3) is 0.611. The molecule has 2 atom stereocenters. The Morgan fingerprint density at radius 3 is 2.25 bits per heavy atom. The van der Waals surface area contributed by atoms with E-state index < -0.39 is 9.84 Å². The molecule has 6 heteroatoms. The summed E-state index contributed by atoms with van der Waals surface area (Å²) >= 11 is 0. The number of fused-ring (bicyclic) bond motifs is 1. The van der Waals surface area contributed by atoms with E-state index in [1.807, 2.05) is 26.0 Å². The number of hydrogen-bond acceptors (Lipinski definition) is 4. The molecule has 0 aromatic heterocycles. The predicted octanol–water partition coefficient (Wildman–Crippen LogP) is 1.77.